The van der Waals surface area contributed by atoms with E-state index in [-0.39, 0.29) is 11.6 Å². The van der Waals surface area contributed by atoms with Crippen molar-refractivity contribution in [2.45, 2.75) is 11.8 Å². The Bertz CT molecular complexity index is 662. The summed E-state index contributed by atoms with van der Waals surface area (Å²) in [5.74, 6) is 0.979. The van der Waals surface area contributed by atoms with Gasteiger partial charge in [0.15, 0.2) is 0 Å². The van der Waals surface area contributed by atoms with Crippen molar-refractivity contribution < 1.29 is 9.72 Å². The number of hydrogen-bond acceptors (Lipinski definition) is 5. The fourth-order valence-corrected chi connectivity index (χ4v) is 2.81. The molecule has 0 radical (unpaired) electrons. The van der Waals surface area contributed by atoms with E-state index in [4.69, 9.17) is 5.73 Å². The molecule has 2 aromatic rings. The van der Waals surface area contributed by atoms with Crippen LogP contribution in [0.25, 0.3) is 0 Å². The zero-order chi connectivity index (χ0) is 16.7. The maximum Gasteiger partial charge on any atom is 0.269 e. The molecule has 2 rings (SSSR count). The molecule has 0 fully saturated rings. The number of anilines is 1. The van der Waals surface area contributed by atoms with Crippen molar-refractivity contribution in [3.05, 3.63) is 70.3 Å². The van der Waals surface area contributed by atoms with Crippen LogP contribution in [0.2, 0.25) is 0 Å². The van der Waals surface area contributed by atoms with Crippen LogP contribution >= 0.6 is 11.8 Å². The lowest BCUT2D eigenvalue weighted by molar-refractivity contribution is -0.384. The van der Waals surface area contributed by atoms with Gasteiger partial charge < -0.3 is 11.1 Å². The van der Waals surface area contributed by atoms with Crippen LogP contribution in [0.4, 0.5) is 11.4 Å². The highest BCUT2D eigenvalue weighted by molar-refractivity contribution is 7.98. The predicted octanol–water partition coefficient (Wildman–Crippen LogP) is 2.79. The number of nitrogens with one attached hydrogen (secondary N) is 1. The second-order valence-corrected chi connectivity index (χ2v) is 5.93. The second kappa shape index (κ2) is 8.30. The average molecular weight is 331 g/mol. The molecule has 0 saturated heterocycles. The maximum atomic E-state index is 12.0. The molecular formula is C16H17N3O3S. The second-order valence-electron chi connectivity index (χ2n) is 4.90. The van der Waals surface area contributed by atoms with Crippen molar-refractivity contribution >= 4 is 29.0 Å². The number of nitrogens with two attached hydrogens (primary N) is 1. The minimum atomic E-state index is -0.640. The van der Waals surface area contributed by atoms with Crippen LogP contribution in [0.15, 0.2) is 54.6 Å². The van der Waals surface area contributed by atoms with Crippen LogP contribution in [0.1, 0.15) is 5.56 Å². The normalized spacial score (nSPS) is 11.7. The van der Waals surface area contributed by atoms with Crippen LogP contribution in [-0.2, 0) is 10.5 Å². The molecule has 0 aliphatic heterocycles. The Morgan fingerprint density at radius 1 is 1.17 bits per heavy atom. The van der Waals surface area contributed by atoms with E-state index >= 15 is 0 Å². The van der Waals surface area contributed by atoms with Gasteiger partial charge in [-0.2, -0.15) is 11.8 Å². The standard InChI is InChI=1S/C16H17N3O3S/c17-15(11-23-10-12-4-2-1-3-5-12)16(20)18-13-6-8-14(9-7-13)19(21)22/h1-9,15H,10-11,17H2,(H,18,20)/t15-/m1/s1. The number of nitro benzene ring substituents is 1. The summed E-state index contributed by atoms with van der Waals surface area (Å²) in [4.78, 5) is 22.1. The molecule has 23 heavy (non-hydrogen) atoms. The number of hydrogen-bond donors (Lipinski definition) is 2. The molecule has 0 bridgehead atoms. The zero-order valence-corrected chi connectivity index (χ0v) is 13.2. The van der Waals surface area contributed by atoms with Gasteiger partial charge in [0.2, 0.25) is 5.91 Å². The molecular weight excluding hydrogens is 314 g/mol. The largest absolute Gasteiger partial charge is 0.325 e. The van der Waals surface area contributed by atoms with Crippen LogP contribution in [0.3, 0.4) is 0 Å². The van der Waals surface area contributed by atoms with Crippen LogP contribution in [0, 0.1) is 10.1 Å². The molecule has 1 amide bonds. The molecule has 0 spiro atoms. The summed E-state index contributed by atoms with van der Waals surface area (Å²) >= 11 is 1.58. The Morgan fingerprint density at radius 2 is 1.83 bits per heavy atom. The Morgan fingerprint density at radius 3 is 2.43 bits per heavy atom. The highest BCUT2D eigenvalue weighted by Crippen LogP contribution is 2.16. The van der Waals surface area contributed by atoms with E-state index in [0.717, 1.165) is 5.75 Å². The molecule has 3 N–H and O–H groups in total. The number of rotatable bonds is 7. The molecule has 0 heterocycles. The minimum Gasteiger partial charge on any atom is -0.325 e. The van der Waals surface area contributed by atoms with Gasteiger partial charge >= 0.3 is 0 Å². The van der Waals surface area contributed by atoms with Crippen LogP contribution < -0.4 is 11.1 Å². The highest BCUT2D eigenvalue weighted by Gasteiger charge is 2.14. The first kappa shape index (κ1) is 17.0. The summed E-state index contributed by atoms with van der Waals surface area (Å²) < 4.78 is 0. The predicted molar refractivity (Wildman–Crippen MR) is 92.3 cm³/mol. The molecule has 0 aliphatic rings. The number of thioether (sulfide) groups is 1. The first-order valence-corrected chi connectivity index (χ1v) is 8.14. The third-order valence-electron chi connectivity index (χ3n) is 3.09. The molecule has 0 saturated carbocycles. The fraction of sp³-hybridized carbons (Fsp3) is 0.188. The summed E-state index contributed by atoms with van der Waals surface area (Å²) in [6.07, 6.45) is 0. The van der Waals surface area contributed by atoms with Crippen molar-refractivity contribution in [1.29, 1.82) is 0 Å². The Labute approximate surface area is 138 Å². The first-order chi connectivity index (χ1) is 11.1. The highest BCUT2D eigenvalue weighted by atomic mass is 32.2. The van der Waals surface area contributed by atoms with Gasteiger partial charge in [-0.25, -0.2) is 0 Å². The molecule has 7 heteroatoms. The van der Waals surface area contributed by atoms with Crippen molar-refractivity contribution in [2.24, 2.45) is 5.73 Å². The molecule has 0 aromatic heterocycles. The summed E-state index contributed by atoms with van der Waals surface area (Å²) in [6, 6.07) is 15.0. The van der Waals surface area contributed by atoms with Crippen molar-refractivity contribution in [1.82, 2.24) is 0 Å². The van der Waals surface area contributed by atoms with Gasteiger partial charge in [0.05, 0.1) is 11.0 Å². The smallest absolute Gasteiger partial charge is 0.269 e. The SMILES string of the molecule is N[C@H](CSCc1ccccc1)C(=O)Nc1ccc([N+](=O)[O-])cc1. The molecule has 6 nitrogen and oxygen atoms in total. The number of carbonyl (C=O) groups is 1. The van der Waals surface area contributed by atoms with Gasteiger partial charge in [-0.1, -0.05) is 30.3 Å². The van der Waals surface area contributed by atoms with Gasteiger partial charge in [-0.15, -0.1) is 0 Å². The van der Waals surface area contributed by atoms with E-state index in [0.29, 0.717) is 11.4 Å². The van der Waals surface area contributed by atoms with Gasteiger partial charge in [-0.3, -0.25) is 14.9 Å². The molecule has 0 unspecified atom stereocenters. The summed E-state index contributed by atoms with van der Waals surface area (Å²) in [7, 11) is 0. The third kappa shape index (κ3) is 5.39. The fourth-order valence-electron chi connectivity index (χ4n) is 1.86. The van der Waals surface area contributed by atoms with Crippen LogP contribution in [-0.4, -0.2) is 22.6 Å². The van der Waals surface area contributed by atoms with E-state index in [9.17, 15) is 14.9 Å². The van der Waals surface area contributed by atoms with Gasteiger partial charge in [0, 0.05) is 29.3 Å². The molecule has 1 atom stereocenters. The van der Waals surface area contributed by atoms with E-state index < -0.39 is 11.0 Å². The third-order valence-corrected chi connectivity index (χ3v) is 4.22. The maximum absolute atomic E-state index is 12.0. The zero-order valence-electron chi connectivity index (χ0n) is 12.3. The van der Waals surface area contributed by atoms with E-state index in [1.54, 1.807) is 11.8 Å². The average Bonchev–Trinajstić information content (AvgIpc) is 2.56. The Kier molecular flexibility index (Phi) is 6.13. The van der Waals surface area contributed by atoms with Gasteiger partial charge in [-0.05, 0) is 17.7 Å². The molecule has 0 aliphatic carbocycles. The number of amides is 1. The molecule has 120 valence electrons. The summed E-state index contributed by atoms with van der Waals surface area (Å²) in [6.45, 7) is 0. The first-order valence-electron chi connectivity index (χ1n) is 6.99. The van der Waals surface area contributed by atoms with Crippen molar-refractivity contribution in [3.63, 3.8) is 0 Å². The molecule has 2 aromatic carbocycles. The summed E-state index contributed by atoms with van der Waals surface area (Å²) in [5.41, 5.74) is 7.51. The lowest BCUT2D eigenvalue weighted by Gasteiger charge is -2.12. The quantitative estimate of drug-likeness (QED) is 0.600. The van der Waals surface area contributed by atoms with Crippen LogP contribution in [0.5, 0.6) is 0 Å². The topological polar surface area (TPSA) is 98.3 Å². The number of carbonyl (C=O) groups excluding carboxylic acids is 1. The number of nitrogens with zero attached hydrogens (tertiary/aromatic N) is 1. The van der Waals surface area contributed by atoms with Gasteiger partial charge in [0.1, 0.15) is 0 Å². The van der Waals surface area contributed by atoms with E-state index in [1.807, 2.05) is 30.3 Å². The lowest BCUT2D eigenvalue weighted by Crippen LogP contribution is -2.37. The van der Waals surface area contributed by atoms with E-state index in [1.165, 1.54) is 29.8 Å². The monoisotopic (exact) mass is 331 g/mol. The van der Waals surface area contributed by atoms with Gasteiger partial charge in [0.25, 0.3) is 5.69 Å². The number of non-ortho nitro benzene ring substituents is 1. The van der Waals surface area contributed by atoms with E-state index in [2.05, 4.69) is 5.32 Å². The Hall–Kier alpha value is -2.38. The summed E-state index contributed by atoms with van der Waals surface area (Å²) in [5, 5.41) is 13.2. The van der Waals surface area contributed by atoms with Crippen molar-refractivity contribution in [3.8, 4) is 0 Å². The Balaban J connectivity index is 1.79. The number of benzene rings is 2. The number of nitro groups is 1. The minimum absolute atomic E-state index is 0.0225. The lowest BCUT2D eigenvalue weighted by atomic mass is 10.2. The van der Waals surface area contributed by atoms with Crippen molar-refractivity contribution in [2.75, 3.05) is 11.1 Å².